The number of furan rings is 1. The van der Waals surface area contributed by atoms with E-state index in [0.29, 0.717) is 23.6 Å². The minimum absolute atomic E-state index is 0.267. The molecule has 3 aromatic rings. The van der Waals surface area contributed by atoms with Crippen LogP contribution in [0.1, 0.15) is 21.8 Å². The highest BCUT2D eigenvalue weighted by molar-refractivity contribution is 5.92. The summed E-state index contributed by atoms with van der Waals surface area (Å²) in [5.41, 5.74) is 2.52. The summed E-state index contributed by atoms with van der Waals surface area (Å²) >= 11 is 0. The van der Waals surface area contributed by atoms with Gasteiger partial charge in [-0.05, 0) is 48.5 Å². The zero-order valence-corrected chi connectivity index (χ0v) is 12.7. The standard InChI is InChI=1S/C18H14N4O2/c19-10-13-3-5-14(6-4-13)22-15-7-8-17(20-11-15)18(23)21-12-16-2-1-9-24-16/h1-9,11,22H,12H2,(H,21,23). The van der Waals surface area contributed by atoms with Gasteiger partial charge in [-0.15, -0.1) is 0 Å². The molecule has 1 amide bonds. The van der Waals surface area contributed by atoms with E-state index in [9.17, 15) is 4.79 Å². The Morgan fingerprint density at radius 2 is 1.92 bits per heavy atom. The monoisotopic (exact) mass is 318 g/mol. The summed E-state index contributed by atoms with van der Waals surface area (Å²) in [6.45, 7) is 0.318. The number of nitrogens with zero attached hydrogens (tertiary/aromatic N) is 2. The molecule has 2 aromatic heterocycles. The van der Waals surface area contributed by atoms with Gasteiger partial charge in [-0.1, -0.05) is 0 Å². The Kier molecular flexibility index (Phi) is 4.54. The molecule has 6 heteroatoms. The second-order valence-corrected chi connectivity index (χ2v) is 5.01. The normalized spacial score (nSPS) is 9.96. The average Bonchev–Trinajstić information content (AvgIpc) is 3.14. The molecule has 2 N–H and O–H groups in total. The van der Waals surface area contributed by atoms with Crippen molar-refractivity contribution in [2.45, 2.75) is 6.54 Å². The number of carbonyl (C=O) groups is 1. The number of nitrogens with one attached hydrogen (secondary N) is 2. The predicted octanol–water partition coefficient (Wildman–Crippen LogP) is 3.22. The maximum Gasteiger partial charge on any atom is 0.270 e. The van der Waals surface area contributed by atoms with Gasteiger partial charge in [0.15, 0.2) is 0 Å². The van der Waals surface area contributed by atoms with Crippen LogP contribution < -0.4 is 10.6 Å². The molecule has 6 nitrogen and oxygen atoms in total. The van der Waals surface area contributed by atoms with Crippen LogP contribution in [-0.4, -0.2) is 10.9 Å². The molecule has 0 aliphatic heterocycles. The fourth-order valence-corrected chi connectivity index (χ4v) is 2.07. The lowest BCUT2D eigenvalue weighted by molar-refractivity contribution is 0.0943. The van der Waals surface area contributed by atoms with Crippen molar-refractivity contribution in [1.82, 2.24) is 10.3 Å². The molecule has 0 radical (unpaired) electrons. The number of benzene rings is 1. The van der Waals surface area contributed by atoms with E-state index in [0.717, 1.165) is 11.4 Å². The number of hydrogen-bond acceptors (Lipinski definition) is 5. The van der Waals surface area contributed by atoms with Crippen LogP contribution >= 0.6 is 0 Å². The van der Waals surface area contributed by atoms with Crippen molar-refractivity contribution in [3.8, 4) is 6.07 Å². The Balaban J connectivity index is 1.60. The van der Waals surface area contributed by atoms with E-state index in [1.54, 1.807) is 48.9 Å². The van der Waals surface area contributed by atoms with Crippen LogP contribution in [-0.2, 0) is 6.54 Å². The first-order valence-electron chi connectivity index (χ1n) is 7.28. The van der Waals surface area contributed by atoms with E-state index in [4.69, 9.17) is 9.68 Å². The van der Waals surface area contributed by atoms with Crippen molar-refractivity contribution >= 4 is 17.3 Å². The Labute approximate surface area is 138 Å². The lowest BCUT2D eigenvalue weighted by Gasteiger charge is -2.07. The number of pyridine rings is 1. The fourth-order valence-electron chi connectivity index (χ4n) is 2.07. The van der Waals surface area contributed by atoms with Crippen molar-refractivity contribution in [2.24, 2.45) is 0 Å². The van der Waals surface area contributed by atoms with Crippen LogP contribution in [0.2, 0.25) is 0 Å². The summed E-state index contributed by atoms with van der Waals surface area (Å²) in [6, 6.07) is 16.1. The maximum absolute atomic E-state index is 12.0. The van der Waals surface area contributed by atoms with E-state index in [-0.39, 0.29) is 5.91 Å². The summed E-state index contributed by atoms with van der Waals surface area (Å²) in [6.07, 6.45) is 3.14. The van der Waals surface area contributed by atoms with Crippen LogP contribution in [0.3, 0.4) is 0 Å². The van der Waals surface area contributed by atoms with Crippen molar-refractivity contribution in [1.29, 1.82) is 5.26 Å². The summed E-state index contributed by atoms with van der Waals surface area (Å²) in [7, 11) is 0. The first-order chi connectivity index (χ1) is 11.7. The Morgan fingerprint density at radius 1 is 1.12 bits per heavy atom. The van der Waals surface area contributed by atoms with Crippen LogP contribution in [0.25, 0.3) is 0 Å². The number of rotatable bonds is 5. The summed E-state index contributed by atoms with van der Waals surface area (Å²) in [5.74, 6) is 0.416. The first-order valence-corrected chi connectivity index (χ1v) is 7.28. The van der Waals surface area contributed by atoms with E-state index >= 15 is 0 Å². The van der Waals surface area contributed by atoms with Gasteiger partial charge in [0, 0.05) is 5.69 Å². The summed E-state index contributed by atoms with van der Waals surface area (Å²) in [5, 5.41) is 14.7. The molecule has 0 spiro atoms. The number of amides is 1. The van der Waals surface area contributed by atoms with E-state index in [1.165, 1.54) is 0 Å². The second-order valence-electron chi connectivity index (χ2n) is 5.01. The zero-order chi connectivity index (χ0) is 16.8. The fraction of sp³-hybridized carbons (Fsp3) is 0.0556. The van der Waals surface area contributed by atoms with E-state index in [2.05, 4.69) is 21.7 Å². The molecule has 0 saturated heterocycles. The van der Waals surface area contributed by atoms with Gasteiger partial charge in [0.2, 0.25) is 0 Å². The quantitative estimate of drug-likeness (QED) is 0.753. The molecular weight excluding hydrogens is 304 g/mol. The molecule has 0 saturated carbocycles. The average molecular weight is 318 g/mol. The highest BCUT2D eigenvalue weighted by Crippen LogP contribution is 2.16. The number of hydrogen-bond donors (Lipinski definition) is 2. The van der Waals surface area contributed by atoms with Crippen molar-refractivity contribution in [3.05, 3.63) is 78.0 Å². The molecule has 0 unspecified atom stereocenters. The highest BCUT2D eigenvalue weighted by atomic mass is 16.3. The molecule has 118 valence electrons. The van der Waals surface area contributed by atoms with Crippen LogP contribution in [0.5, 0.6) is 0 Å². The van der Waals surface area contributed by atoms with Gasteiger partial charge in [-0.25, -0.2) is 4.98 Å². The molecule has 3 rings (SSSR count). The van der Waals surface area contributed by atoms with Gasteiger partial charge in [0.1, 0.15) is 11.5 Å². The van der Waals surface area contributed by atoms with Crippen LogP contribution in [0.4, 0.5) is 11.4 Å². The van der Waals surface area contributed by atoms with Gasteiger partial charge < -0.3 is 15.1 Å². The lowest BCUT2D eigenvalue weighted by atomic mass is 10.2. The SMILES string of the molecule is N#Cc1ccc(Nc2ccc(C(=O)NCc3ccco3)nc2)cc1. The van der Waals surface area contributed by atoms with E-state index in [1.807, 2.05) is 12.1 Å². The maximum atomic E-state index is 12.0. The number of carbonyl (C=O) groups excluding carboxylic acids is 1. The Bertz CT molecular complexity index is 848. The van der Waals surface area contributed by atoms with Gasteiger partial charge >= 0.3 is 0 Å². The van der Waals surface area contributed by atoms with Crippen LogP contribution in [0.15, 0.2) is 65.4 Å². The molecule has 1 aromatic carbocycles. The molecule has 0 atom stereocenters. The molecule has 0 bridgehead atoms. The van der Waals surface area contributed by atoms with Crippen molar-refractivity contribution < 1.29 is 9.21 Å². The molecule has 2 heterocycles. The second kappa shape index (κ2) is 7.11. The Morgan fingerprint density at radius 3 is 2.54 bits per heavy atom. The van der Waals surface area contributed by atoms with Gasteiger partial charge in [-0.3, -0.25) is 4.79 Å². The Hall–Kier alpha value is -3.59. The molecule has 0 aliphatic carbocycles. The summed E-state index contributed by atoms with van der Waals surface area (Å²) < 4.78 is 5.16. The van der Waals surface area contributed by atoms with Crippen LogP contribution in [0, 0.1) is 11.3 Å². The number of anilines is 2. The molecule has 24 heavy (non-hydrogen) atoms. The minimum atomic E-state index is -0.267. The van der Waals surface area contributed by atoms with Gasteiger partial charge in [0.25, 0.3) is 5.91 Å². The molecule has 0 aliphatic rings. The third-order valence-electron chi connectivity index (χ3n) is 3.30. The number of nitriles is 1. The highest BCUT2D eigenvalue weighted by Gasteiger charge is 2.07. The zero-order valence-electron chi connectivity index (χ0n) is 12.7. The van der Waals surface area contributed by atoms with Crippen molar-refractivity contribution in [2.75, 3.05) is 5.32 Å². The smallest absolute Gasteiger partial charge is 0.270 e. The molecule has 0 fully saturated rings. The van der Waals surface area contributed by atoms with Crippen molar-refractivity contribution in [3.63, 3.8) is 0 Å². The van der Waals surface area contributed by atoms with Gasteiger partial charge in [-0.2, -0.15) is 5.26 Å². The predicted molar refractivity (Wildman–Crippen MR) is 88.6 cm³/mol. The topological polar surface area (TPSA) is 91.0 Å². The number of aromatic nitrogens is 1. The summed E-state index contributed by atoms with van der Waals surface area (Å²) in [4.78, 5) is 16.2. The third kappa shape index (κ3) is 3.78. The first kappa shape index (κ1) is 15.3. The minimum Gasteiger partial charge on any atom is -0.467 e. The largest absolute Gasteiger partial charge is 0.467 e. The molecular formula is C18H14N4O2. The van der Waals surface area contributed by atoms with E-state index < -0.39 is 0 Å². The lowest BCUT2D eigenvalue weighted by Crippen LogP contribution is -2.23. The van der Waals surface area contributed by atoms with Gasteiger partial charge in [0.05, 0.1) is 36.3 Å². The third-order valence-corrected chi connectivity index (χ3v) is 3.30.